The second-order valence-corrected chi connectivity index (χ2v) is 3.50. The third kappa shape index (κ3) is 1.20. The molecule has 0 bridgehead atoms. The summed E-state index contributed by atoms with van der Waals surface area (Å²) >= 11 is 0. The highest BCUT2D eigenvalue weighted by atomic mass is 15.1. The van der Waals surface area contributed by atoms with Gasteiger partial charge in [0.15, 0.2) is 0 Å². The first-order valence-electron chi connectivity index (χ1n) is 4.45. The van der Waals surface area contributed by atoms with Gasteiger partial charge in [-0.15, -0.1) is 0 Å². The van der Waals surface area contributed by atoms with E-state index in [1.54, 1.807) is 0 Å². The predicted molar refractivity (Wildman–Crippen MR) is 52.2 cm³/mol. The minimum absolute atomic E-state index is 1.09. The first kappa shape index (κ1) is 7.66. The molecular formula is C11H14N-. The Morgan fingerprint density at radius 3 is 3.08 bits per heavy atom. The van der Waals surface area contributed by atoms with Gasteiger partial charge in [-0.05, 0) is 37.9 Å². The summed E-state index contributed by atoms with van der Waals surface area (Å²) < 4.78 is 0. The van der Waals surface area contributed by atoms with E-state index < -0.39 is 0 Å². The molecule has 0 amide bonds. The molecule has 1 heteroatoms. The molecule has 1 aliphatic rings. The van der Waals surface area contributed by atoms with Crippen LogP contribution in [0.3, 0.4) is 0 Å². The van der Waals surface area contributed by atoms with Gasteiger partial charge in [0.2, 0.25) is 0 Å². The molecule has 64 valence electrons. The van der Waals surface area contributed by atoms with Gasteiger partial charge in [-0.25, -0.2) is 0 Å². The lowest BCUT2D eigenvalue weighted by molar-refractivity contribution is 0.760. The van der Waals surface area contributed by atoms with Gasteiger partial charge in [0, 0.05) is 5.69 Å². The summed E-state index contributed by atoms with van der Waals surface area (Å²) in [7, 11) is 4.00. The van der Waals surface area contributed by atoms with E-state index in [1.807, 2.05) is 0 Å². The highest BCUT2D eigenvalue weighted by molar-refractivity contribution is 5.56. The van der Waals surface area contributed by atoms with Crippen LogP contribution in [0.2, 0.25) is 0 Å². The quantitative estimate of drug-likeness (QED) is 0.527. The second-order valence-electron chi connectivity index (χ2n) is 3.50. The molecule has 1 aromatic carbocycles. The third-order valence-electron chi connectivity index (χ3n) is 2.45. The normalized spacial score (nSPS) is 16.0. The van der Waals surface area contributed by atoms with Gasteiger partial charge in [0.1, 0.15) is 0 Å². The van der Waals surface area contributed by atoms with Crippen molar-refractivity contribution in [3.63, 3.8) is 0 Å². The Morgan fingerprint density at radius 1 is 1.42 bits per heavy atom. The largest absolute Gasteiger partial charge is 0.525 e. The van der Waals surface area contributed by atoms with Crippen LogP contribution in [0.1, 0.15) is 17.5 Å². The fourth-order valence-electron chi connectivity index (χ4n) is 1.80. The topological polar surface area (TPSA) is 3.24 Å². The highest BCUT2D eigenvalue weighted by Crippen LogP contribution is 2.26. The Morgan fingerprint density at radius 2 is 2.25 bits per heavy atom. The fraction of sp³-hybridized carbons (Fsp3) is 0.364. The molecule has 0 saturated heterocycles. The lowest BCUT2D eigenvalue weighted by Crippen LogP contribution is -2.22. The van der Waals surface area contributed by atoms with E-state index in [0.29, 0.717) is 0 Å². The van der Waals surface area contributed by atoms with Gasteiger partial charge in [0.05, 0.1) is 0 Å². The third-order valence-corrected chi connectivity index (χ3v) is 2.45. The van der Waals surface area contributed by atoms with Crippen molar-refractivity contribution in [2.45, 2.75) is 19.8 Å². The lowest BCUT2D eigenvalue weighted by atomic mass is 10.0. The van der Waals surface area contributed by atoms with Crippen molar-refractivity contribution in [3.8, 4) is 0 Å². The van der Waals surface area contributed by atoms with Crippen LogP contribution in [0.4, 0.5) is 5.69 Å². The van der Waals surface area contributed by atoms with Crippen molar-refractivity contribution in [2.75, 3.05) is 11.4 Å². The monoisotopic (exact) mass is 160 g/mol. The zero-order valence-electron chi connectivity index (χ0n) is 7.51. The predicted octanol–water partition coefficient (Wildman–Crippen LogP) is 2.54. The average molecular weight is 160 g/mol. The van der Waals surface area contributed by atoms with Crippen LogP contribution in [-0.2, 0) is 6.42 Å². The van der Waals surface area contributed by atoms with E-state index in [4.69, 9.17) is 0 Å². The van der Waals surface area contributed by atoms with Gasteiger partial charge in [0.25, 0.3) is 0 Å². The molecule has 0 unspecified atom stereocenters. The van der Waals surface area contributed by atoms with Crippen LogP contribution >= 0.6 is 0 Å². The van der Waals surface area contributed by atoms with Crippen molar-refractivity contribution in [2.24, 2.45) is 0 Å². The molecule has 0 atom stereocenters. The molecule has 0 saturated carbocycles. The summed E-state index contributed by atoms with van der Waals surface area (Å²) in [6.07, 6.45) is 2.45. The van der Waals surface area contributed by atoms with Crippen molar-refractivity contribution in [1.29, 1.82) is 0 Å². The summed E-state index contributed by atoms with van der Waals surface area (Å²) in [4.78, 5) is 2.10. The Hall–Kier alpha value is -0.980. The molecule has 0 radical (unpaired) electrons. The van der Waals surface area contributed by atoms with Crippen LogP contribution in [-0.4, -0.2) is 6.54 Å². The van der Waals surface area contributed by atoms with Crippen LogP contribution in [0.5, 0.6) is 0 Å². The number of rotatable bonds is 0. The van der Waals surface area contributed by atoms with E-state index in [1.165, 1.54) is 29.7 Å². The van der Waals surface area contributed by atoms with Gasteiger partial charge < -0.3 is 4.90 Å². The molecular weight excluding hydrogens is 146 g/mol. The molecule has 1 aromatic rings. The molecule has 2 rings (SSSR count). The molecule has 12 heavy (non-hydrogen) atoms. The number of aryl methyl sites for hydroxylation is 2. The molecule has 0 aromatic heterocycles. The average Bonchev–Trinajstić information content (AvgIpc) is 2.04. The Bertz CT molecular complexity index is 291. The molecule has 0 aliphatic carbocycles. The second kappa shape index (κ2) is 2.81. The van der Waals surface area contributed by atoms with Crippen LogP contribution in [0.15, 0.2) is 18.2 Å². The number of anilines is 1. The van der Waals surface area contributed by atoms with Crippen molar-refractivity contribution in [1.82, 2.24) is 0 Å². The van der Waals surface area contributed by atoms with Crippen LogP contribution < -0.4 is 4.90 Å². The number of benzene rings is 1. The maximum absolute atomic E-state index is 4.00. The summed E-state index contributed by atoms with van der Waals surface area (Å²) in [5.74, 6) is 0. The summed E-state index contributed by atoms with van der Waals surface area (Å²) in [6.45, 7) is 3.23. The molecule has 0 spiro atoms. The van der Waals surface area contributed by atoms with E-state index in [0.717, 1.165) is 6.54 Å². The molecule has 1 nitrogen and oxygen atoms in total. The zero-order chi connectivity index (χ0) is 8.55. The minimum atomic E-state index is 1.09. The van der Waals surface area contributed by atoms with Crippen LogP contribution in [0.25, 0.3) is 0 Å². The Labute approximate surface area is 74.0 Å². The van der Waals surface area contributed by atoms with Gasteiger partial charge >= 0.3 is 0 Å². The van der Waals surface area contributed by atoms with Crippen molar-refractivity contribution in [3.05, 3.63) is 36.4 Å². The summed E-state index contributed by atoms with van der Waals surface area (Å²) in [5.41, 5.74) is 4.12. The van der Waals surface area contributed by atoms with E-state index in [9.17, 15) is 0 Å². The Kier molecular flexibility index (Phi) is 1.80. The van der Waals surface area contributed by atoms with E-state index >= 15 is 0 Å². The molecule has 0 N–H and O–H groups in total. The van der Waals surface area contributed by atoms with E-state index in [-0.39, 0.29) is 0 Å². The number of nitrogens with zero attached hydrogens (tertiary/aromatic N) is 1. The molecule has 0 fully saturated rings. The number of hydrogen-bond donors (Lipinski definition) is 0. The van der Waals surface area contributed by atoms with Crippen LogP contribution in [0, 0.1) is 14.0 Å². The minimum Gasteiger partial charge on any atom is -0.525 e. The van der Waals surface area contributed by atoms with Gasteiger partial charge in [-0.1, -0.05) is 17.7 Å². The summed E-state index contributed by atoms with van der Waals surface area (Å²) in [5, 5.41) is 0. The number of fused-ring (bicyclic) bond motifs is 1. The molecule has 1 heterocycles. The van der Waals surface area contributed by atoms with Gasteiger partial charge in [-0.3, -0.25) is 7.05 Å². The lowest BCUT2D eigenvalue weighted by Gasteiger charge is -2.34. The zero-order valence-corrected chi connectivity index (χ0v) is 7.51. The van der Waals surface area contributed by atoms with Crippen molar-refractivity contribution >= 4 is 5.69 Å². The summed E-state index contributed by atoms with van der Waals surface area (Å²) in [6, 6.07) is 6.60. The maximum atomic E-state index is 4.00. The first-order chi connectivity index (χ1) is 5.77. The number of hydrogen-bond acceptors (Lipinski definition) is 1. The standard InChI is InChI=1S/C11H14N/c1-9-5-6-11-10(8-9)4-3-7-12(11)2/h5-6,8H,2-4,7H2,1H3/q-1. The molecule has 1 aliphatic heterocycles. The maximum Gasteiger partial charge on any atom is 0.0101 e. The highest BCUT2D eigenvalue weighted by Gasteiger charge is 2.08. The van der Waals surface area contributed by atoms with Crippen molar-refractivity contribution < 1.29 is 0 Å². The van der Waals surface area contributed by atoms with Gasteiger partial charge in [-0.2, -0.15) is 0 Å². The Balaban J connectivity index is 2.46. The smallest absolute Gasteiger partial charge is 0.0101 e. The van der Waals surface area contributed by atoms with E-state index in [2.05, 4.69) is 37.1 Å². The first-order valence-corrected chi connectivity index (χ1v) is 4.45. The SMILES string of the molecule is [CH2-]N1CCCc2cc(C)ccc21. The fourth-order valence-corrected chi connectivity index (χ4v) is 1.80.